The third-order valence-corrected chi connectivity index (χ3v) is 9.46. The number of aromatic nitrogens is 2. The number of hydrogen-bond acceptors (Lipinski definition) is 7. The predicted molar refractivity (Wildman–Crippen MR) is 133 cm³/mol. The number of piperidine rings is 1. The minimum absolute atomic E-state index is 0.0333. The van der Waals surface area contributed by atoms with Crippen molar-refractivity contribution in [2.75, 3.05) is 31.6 Å². The van der Waals surface area contributed by atoms with Gasteiger partial charge in [-0.05, 0) is 65.0 Å². The zero-order chi connectivity index (χ0) is 24.7. The molecule has 1 aromatic heterocycles. The highest BCUT2D eigenvalue weighted by Crippen LogP contribution is 2.38. The first-order valence-corrected chi connectivity index (χ1v) is 13.6. The Bertz CT molecular complexity index is 1380. The van der Waals surface area contributed by atoms with Gasteiger partial charge in [0.1, 0.15) is 5.75 Å². The van der Waals surface area contributed by atoms with Gasteiger partial charge < -0.3 is 14.1 Å². The van der Waals surface area contributed by atoms with Crippen molar-refractivity contribution < 1.29 is 22.4 Å². The van der Waals surface area contributed by atoms with E-state index in [1.807, 2.05) is 30.3 Å². The van der Waals surface area contributed by atoms with Crippen LogP contribution in [0.1, 0.15) is 37.1 Å². The normalized spacial score (nSPS) is 16.9. The van der Waals surface area contributed by atoms with Crippen molar-refractivity contribution >= 4 is 37.5 Å². The van der Waals surface area contributed by atoms with E-state index in [4.69, 9.17) is 9.15 Å². The molecule has 184 valence electrons. The fraction of sp³-hybridized carbons (Fsp3) is 0.375. The summed E-state index contributed by atoms with van der Waals surface area (Å²) in [7, 11) is -2.16. The van der Waals surface area contributed by atoms with Gasteiger partial charge in [-0.15, -0.1) is 10.2 Å². The second kappa shape index (κ2) is 9.36. The first-order valence-electron chi connectivity index (χ1n) is 11.4. The average molecular weight is 561 g/mol. The van der Waals surface area contributed by atoms with E-state index in [0.29, 0.717) is 66.6 Å². The maximum atomic E-state index is 13.5. The first kappa shape index (κ1) is 24.0. The summed E-state index contributed by atoms with van der Waals surface area (Å²) in [6.45, 7) is 2.72. The van der Waals surface area contributed by atoms with Crippen LogP contribution in [0.3, 0.4) is 0 Å². The molecule has 1 fully saturated rings. The van der Waals surface area contributed by atoms with Crippen LogP contribution in [0.5, 0.6) is 5.75 Å². The number of benzene rings is 2. The number of ether oxygens (including phenoxy) is 1. The summed E-state index contributed by atoms with van der Waals surface area (Å²) < 4.78 is 40.4. The van der Waals surface area contributed by atoms with E-state index in [1.165, 1.54) is 11.2 Å². The standard InChI is InChI=1S/C24H25BrN4O5S/c1-15(30)29-12-9-17-13-19(25)22(14-20(17)29)35(31,32)28-10-7-16(8-11-28)23-26-27-24(34-23)18-5-3-4-6-21(18)33-2/h3-6,13-14,16H,7-12H2,1-2H3. The molecular formula is C24H25BrN4O5S. The number of para-hydroxylation sites is 1. The van der Waals surface area contributed by atoms with Crippen LogP contribution in [-0.4, -0.2) is 55.6 Å². The molecule has 0 atom stereocenters. The zero-order valence-corrected chi connectivity index (χ0v) is 21.8. The first-order chi connectivity index (χ1) is 16.8. The Labute approximate surface area is 212 Å². The molecule has 0 radical (unpaired) electrons. The van der Waals surface area contributed by atoms with E-state index in [1.54, 1.807) is 18.1 Å². The maximum Gasteiger partial charge on any atom is 0.251 e. The van der Waals surface area contributed by atoms with Crippen molar-refractivity contribution in [3.63, 3.8) is 0 Å². The van der Waals surface area contributed by atoms with Crippen LogP contribution < -0.4 is 9.64 Å². The molecule has 0 spiro atoms. The van der Waals surface area contributed by atoms with Crippen molar-refractivity contribution in [1.82, 2.24) is 14.5 Å². The smallest absolute Gasteiger partial charge is 0.251 e. The summed E-state index contributed by atoms with van der Waals surface area (Å²) in [6.07, 6.45) is 1.84. The number of methoxy groups -OCH3 is 1. The highest BCUT2D eigenvalue weighted by Gasteiger charge is 2.35. The van der Waals surface area contributed by atoms with Crippen LogP contribution in [-0.2, 0) is 21.2 Å². The summed E-state index contributed by atoms with van der Waals surface area (Å²) in [5.74, 6) is 1.39. The minimum Gasteiger partial charge on any atom is -0.496 e. The molecule has 0 N–H and O–H groups in total. The van der Waals surface area contributed by atoms with Gasteiger partial charge in [0.05, 0.1) is 17.6 Å². The topological polar surface area (TPSA) is 106 Å². The Morgan fingerprint density at radius 2 is 1.89 bits per heavy atom. The predicted octanol–water partition coefficient (Wildman–Crippen LogP) is 3.99. The third kappa shape index (κ3) is 4.36. The van der Waals surface area contributed by atoms with Gasteiger partial charge in [0.25, 0.3) is 5.89 Å². The lowest BCUT2D eigenvalue weighted by Gasteiger charge is -2.30. The molecule has 5 rings (SSSR count). The molecule has 0 bridgehead atoms. The molecule has 11 heteroatoms. The summed E-state index contributed by atoms with van der Waals surface area (Å²) in [5.41, 5.74) is 2.35. The number of amides is 1. The number of nitrogens with zero attached hydrogens (tertiary/aromatic N) is 4. The van der Waals surface area contributed by atoms with Crippen LogP contribution in [0, 0.1) is 0 Å². The third-order valence-electron chi connectivity index (χ3n) is 6.61. The van der Waals surface area contributed by atoms with Gasteiger partial charge in [-0.1, -0.05) is 12.1 Å². The lowest BCUT2D eigenvalue weighted by atomic mass is 9.98. The monoisotopic (exact) mass is 560 g/mol. The minimum atomic E-state index is -3.75. The lowest BCUT2D eigenvalue weighted by molar-refractivity contribution is -0.116. The number of fused-ring (bicyclic) bond motifs is 1. The molecule has 35 heavy (non-hydrogen) atoms. The van der Waals surface area contributed by atoms with E-state index >= 15 is 0 Å². The van der Waals surface area contributed by atoms with Crippen LogP contribution in [0.4, 0.5) is 5.69 Å². The Morgan fingerprint density at radius 3 is 2.60 bits per heavy atom. The molecule has 2 aliphatic heterocycles. The zero-order valence-electron chi connectivity index (χ0n) is 19.4. The summed E-state index contributed by atoms with van der Waals surface area (Å²) >= 11 is 3.44. The second-order valence-electron chi connectivity index (χ2n) is 8.66. The quantitative estimate of drug-likeness (QED) is 0.464. The number of rotatable bonds is 5. The Morgan fingerprint density at radius 1 is 1.14 bits per heavy atom. The largest absolute Gasteiger partial charge is 0.496 e. The molecule has 3 heterocycles. The fourth-order valence-electron chi connectivity index (χ4n) is 4.72. The number of halogens is 1. The molecule has 1 amide bonds. The summed E-state index contributed by atoms with van der Waals surface area (Å²) in [5, 5.41) is 8.41. The van der Waals surface area contributed by atoms with Crippen molar-refractivity contribution in [1.29, 1.82) is 0 Å². The molecule has 9 nitrogen and oxygen atoms in total. The molecule has 2 aromatic carbocycles. The van der Waals surface area contributed by atoms with Gasteiger partial charge in [-0.25, -0.2) is 8.42 Å². The van der Waals surface area contributed by atoms with Crippen LogP contribution in [0.15, 0.2) is 50.2 Å². The number of anilines is 1. The van der Waals surface area contributed by atoms with Crippen molar-refractivity contribution in [2.45, 2.75) is 37.0 Å². The summed E-state index contributed by atoms with van der Waals surface area (Å²) in [6, 6.07) is 10.9. The molecule has 0 aliphatic carbocycles. The van der Waals surface area contributed by atoms with Gasteiger partial charge in [0.2, 0.25) is 21.8 Å². The molecule has 0 unspecified atom stereocenters. The second-order valence-corrected chi connectivity index (χ2v) is 11.4. The van der Waals surface area contributed by atoms with E-state index in [0.717, 1.165) is 11.1 Å². The fourth-order valence-corrected chi connectivity index (χ4v) is 7.26. The van der Waals surface area contributed by atoms with E-state index < -0.39 is 10.0 Å². The molecular weight excluding hydrogens is 536 g/mol. The van der Waals surface area contributed by atoms with Crippen molar-refractivity contribution in [3.8, 4) is 17.2 Å². The van der Waals surface area contributed by atoms with Crippen molar-refractivity contribution in [2.24, 2.45) is 0 Å². The van der Waals surface area contributed by atoms with Crippen LogP contribution in [0.2, 0.25) is 0 Å². The molecule has 3 aromatic rings. The Kier molecular flexibility index (Phi) is 6.41. The summed E-state index contributed by atoms with van der Waals surface area (Å²) in [4.78, 5) is 13.8. The van der Waals surface area contributed by atoms with Crippen LogP contribution in [0.25, 0.3) is 11.5 Å². The molecule has 2 aliphatic rings. The van der Waals surface area contributed by atoms with Gasteiger partial charge in [0.15, 0.2) is 0 Å². The average Bonchev–Trinajstić information content (AvgIpc) is 3.51. The van der Waals surface area contributed by atoms with E-state index in [-0.39, 0.29) is 16.7 Å². The SMILES string of the molecule is COc1ccccc1-c1nnc(C2CCN(S(=O)(=O)c3cc4c(cc3Br)CCN4C(C)=O)CC2)o1. The number of hydrogen-bond donors (Lipinski definition) is 0. The van der Waals surface area contributed by atoms with Gasteiger partial charge in [-0.2, -0.15) is 4.31 Å². The number of carbonyl (C=O) groups is 1. The van der Waals surface area contributed by atoms with Crippen LogP contribution >= 0.6 is 15.9 Å². The van der Waals surface area contributed by atoms with Gasteiger partial charge in [-0.3, -0.25) is 4.79 Å². The molecule has 1 saturated heterocycles. The molecule has 0 saturated carbocycles. The van der Waals surface area contributed by atoms with E-state index in [9.17, 15) is 13.2 Å². The van der Waals surface area contributed by atoms with Crippen molar-refractivity contribution in [3.05, 3.63) is 52.3 Å². The maximum absolute atomic E-state index is 13.5. The Balaban J connectivity index is 1.33. The Hall–Kier alpha value is -2.76. The highest BCUT2D eigenvalue weighted by molar-refractivity contribution is 9.10. The van der Waals surface area contributed by atoms with Gasteiger partial charge in [0, 0.05) is 42.6 Å². The number of sulfonamides is 1. The van der Waals surface area contributed by atoms with Gasteiger partial charge >= 0.3 is 0 Å². The van der Waals surface area contributed by atoms with E-state index in [2.05, 4.69) is 26.1 Å². The number of carbonyl (C=O) groups excluding carboxylic acids is 1. The highest BCUT2D eigenvalue weighted by atomic mass is 79.9. The lowest BCUT2D eigenvalue weighted by Crippen LogP contribution is -2.38.